The highest BCUT2D eigenvalue weighted by Crippen LogP contribution is 2.11. The van der Waals surface area contributed by atoms with Gasteiger partial charge in [-0.15, -0.1) is 0 Å². The molecule has 0 saturated heterocycles. The average molecular weight is 431 g/mol. The number of carboxylic acids is 2. The third kappa shape index (κ3) is 38.5. The molecule has 0 aromatic rings. The Hall–Kier alpha value is -0.710. The fourth-order valence-electron chi connectivity index (χ4n) is 3.16. The number of hydrogen-bond acceptors (Lipinski definition) is 4. The maximum Gasteiger partial charge on any atom is 2.00 e. The largest absolute Gasteiger partial charge is 2.00 e. The van der Waals surface area contributed by atoms with Gasteiger partial charge in [0.15, 0.2) is 0 Å². The van der Waals surface area contributed by atoms with E-state index in [-0.39, 0.29) is 26.3 Å². The van der Waals surface area contributed by atoms with E-state index in [2.05, 4.69) is 13.8 Å². The molecule has 0 fully saturated rings. The quantitative estimate of drug-likeness (QED) is 0.245. The lowest BCUT2D eigenvalue weighted by Gasteiger charge is -2.02. The Labute approximate surface area is 187 Å². The Morgan fingerprint density at radius 1 is 0.448 bits per heavy atom. The monoisotopic (exact) mass is 430 g/mol. The SMILES string of the molecule is CCCCCCCCCCCC(=O)[O-].CCCCCCCCCCCC(=O)[O-].[S+2]. The summed E-state index contributed by atoms with van der Waals surface area (Å²) in [5.74, 6) is -1.82. The summed E-state index contributed by atoms with van der Waals surface area (Å²) in [6.07, 6.45) is 22.3. The lowest BCUT2D eigenvalue weighted by Crippen LogP contribution is -2.21. The van der Waals surface area contributed by atoms with Gasteiger partial charge in [-0.2, -0.15) is 0 Å². The molecule has 0 N–H and O–H groups in total. The molecule has 0 amide bonds. The lowest BCUT2D eigenvalue weighted by molar-refractivity contribution is -0.307. The molecule has 0 aromatic carbocycles. The van der Waals surface area contributed by atoms with Crippen LogP contribution in [-0.2, 0) is 23.1 Å². The van der Waals surface area contributed by atoms with Gasteiger partial charge in [-0.25, -0.2) is 0 Å². The van der Waals surface area contributed by atoms with Crippen molar-refractivity contribution in [1.82, 2.24) is 0 Å². The summed E-state index contributed by atoms with van der Waals surface area (Å²) in [7, 11) is 0. The van der Waals surface area contributed by atoms with Gasteiger partial charge >= 0.3 is 13.5 Å². The van der Waals surface area contributed by atoms with Crippen molar-refractivity contribution < 1.29 is 19.8 Å². The van der Waals surface area contributed by atoms with Crippen molar-refractivity contribution in [3.63, 3.8) is 0 Å². The highest BCUT2D eigenvalue weighted by molar-refractivity contribution is 7.37. The van der Waals surface area contributed by atoms with Crippen LogP contribution in [0.1, 0.15) is 142 Å². The van der Waals surface area contributed by atoms with Gasteiger partial charge in [0.1, 0.15) is 0 Å². The molecule has 0 bridgehead atoms. The van der Waals surface area contributed by atoms with Gasteiger partial charge < -0.3 is 19.8 Å². The lowest BCUT2D eigenvalue weighted by atomic mass is 10.1. The molecular formula is C24H46O4S. The molecule has 4 radical (unpaired) electrons. The number of hydrogen-bond donors (Lipinski definition) is 0. The predicted molar refractivity (Wildman–Crippen MR) is 121 cm³/mol. The van der Waals surface area contributed by atoms with Crippen LogP contribution in [0.5, 0.6) is 0 Å². The third-order valence-electron chi connectivity index (χ3n) is 4.97. The zero-order valence-electron chi connectivity index (χ0n) is 19.2. The standard InChI is InChI=1S/2C12H24O2.S/c2*1-2-3-4-5-6-7-8-9-10-11-12(13)14;/h2*2-11H2,1H3,(H,13,14);/q;;+2/p-2. The summed E-state index contributed by atoms with van der Waals surface area (Å²) in [5.41, 5.74) is 0. The summed E-state index contributed by atoms with van der Waals surface area (Å²) in [5, 5.41) is 20.2. The maximum absolute atomic E-state index is 10.1. The predicted octanol–water partition coefficient (Wildman–Crippen LogP) is 5.31. The van der Waals surface area contributed by atoms with E-state index in [1.165, 1.54) is 89.9 Å². The van der Waals surface area contributed by atoms with E-state index in [9.17, 15) is 19.8 Å². The first-order valence-corrected chi connectivity index (χ1v) is 11.9. The van der Waals surface area contributed by atoms with Gasteiger partial charge in [-0.3, -0.25) is 0 Å². The molecule has 0 saturated carbocycles. The van der Waals surface area contributed by atoms with Gasteiger partial charge in [0, 0.05) is 11.9 Å². The smallest absolute Gasteiger partial charge is 0.550 e. The normalized spacial score (nSPS) is 10.0. The van der Waals surface area contributed by atoms with Gasteiger partial charge in [-0.05, 0) is 25.7 Å². The number of aliphatic carboxylic acids is 2. The first kappa shape index (κ1) is 32.9. The molecule has 5 heteroatoms. The fourth-order valence-corrected chi connectivity index (χ4v) is 3.16. The second kappa shape index (κ2) is 29.5. The third-order valence-corrected chi connectivity index (χ3v) is 4.97. The molecule has 0 aliphatic rings. The minimum atomic E-state index is -0.909. The topological polar surface area (TPSA) is 80.3 Å². The van der Waals surface area contributed by atoms with E-state index in [1.807, 2.05) is 0 Å². The van der Waals surface area contributed by atoms with Crippen LogP contribution in [0.4, 0.5) is 0 Å². The van der Waals surface area contributed by atoms with Crippen LogP contribution in [-0.4, -0.2) is 11.9 Å². The molecule has 0 aliphatic carbocycles. The van der Waals surface area contributed by atoms with Crippen LogP contribution < -0.4 is 10.2 Å². The summed E-state index contributed by atoms with van der Waals surface area (Å²) < 4.78 is 0. The van der Waals surface area contributed by atoms with Crippen molar-refractivity contribution in [2.45, 2.75) is 142 Å². The van der Waals surface area contributed by atoms with E-state index >= 15 is 0 Å². The first-order chi connectivity index (χ1) is 13.5. The van der Waals surface area contributed by atoms with Crippen molar-refractivity contribution in [3.8, 4) is 0 Å². The fraction of sp³-hybridized carbons (Fsp3) is 0.917. The molecule has 0 atom stereocenters. The Balaban J connectivity index is -0.000000451. The molecule has 4 nitrogen and oxygen atoms in total. The number of carboxylic acid groups (broad SMARTS) is 2. The van der Waals surface area contributed by atoms with Crippen molar-refractivity contribution in [3.05, 3.63) is 0 Å². The highest BCUT2D eigenvalue weighted by atomic mass is 32.1. The minimum absolute atomic E-state index is 0. The minimum Gasteiger partial charge on any atom is -0.550 e. The second-order valence-corrected chi connectivity index (χ2v) is 7.90. The van der Waals surface area contributed by atoms with Crippen molar-refractivity contribution in [2.24, 2.45) is 0 Å². The molecule has 0 aliphatic heterocycles. The Morgan fingerprint density at radius 3 is 0.862 bits per heavy atom. The molecule has 172 valence electrons. The molecule has 0 spiro atoms. The number of carbonyl (C=O) groups is 2. The van der Waals surface area contributed by atoms with Crippen molar-refractivity contribution >= 4 is 25.4 Å². The van der Waals surface area contributed by atoms with E-state index < -0.39 is 11.9 Å². The molecule has 0 rings (SSSR count). The zero-order chi connectivity index (χ0) is 21.3. The van der Waals surface area contributed by atoms with Gasteiger partial charge in [0.25, 0.3) is 0 Å². The summed E-state index contributed by atoms with van der Waals surface area (Å²) >= 11 is 0. The van der Waals surface area contributed by atoms with Crippen LogP contribution in [0.25, 0.3) is 0 Å². The Morgan fingerprint density at radius 2 is 0.655 bits per heavy atom. The van der Waals surface area contributed by atoms with Crippen LogP contribution >= 0.6 is 0 Å². The highest BCUT2D eigenvalue weighted by Gasteiger charge is 2.00. The van der Waals surface area contributed by atoms with Crippen LogP contribution in [0.15, 0.2) is 0 Å². The van der Waals surface area contributed by atoms with E-state index in [1.54, 1.807) is 0 Å². The molecule has 0 aromatic heterocycles. The van der Waals surface area contributed by atoms with E-state index in [0.29, 0.717) is 0 Å². The summed E-state index contributed by atoms with van der Waals surface area (Å²) in [6, 6.07) is 0. The molecule has 0 heterocycles. The molecule has 0 unspecified atom stereocenters. The zero-order valence-corrected chi connectivity index (χ0v) is 20.0. The van der Waals surface area contributed by atoms with Gasteiger partial charge in [0.2, 0.25) is 0 Å². The number of rotatable bonds is 20. The van der Waals surface area contributed by atoms with Gasteiger partial charge in [-0.1, -0.05) is 117 Å². The second-order valence-electron chi connectivity index (χ2n) is 7.90. The maximum atomic E-state index is 10.1. The average Bonchev–Trinajstić information content (AvgIpc) is 2.65. The Bertz CT molecular complexity index is 303. The van der Waals surface area contributed by atoms with E-state index in [0.717, 1.165) is 25.7 Å². The number of carbonyl (C=O) groups excluding carboxylic acids is 2. The summed E-state index contributed by atoms with van der Waals surface area (Å²) in [6.45, 7) is 4.44. The molecular weight excluding hydrogens is 384 g/mol. The Kier molecular flexibility index (Phi) is 33.5. The van der Waals surface area contributed by atoms with Crippen molar-refractivity contribution in [2.75, 3.05) is 0 Å². The molecule has 29 heavy (non-hydrogen) atoms. The van der Waals surface area contributed by atoms with Crippen LogP contribution in [0, 0.1) is 0 Å². The summed E-state index contributed by atoms with van der Waals surface area (Å²) in [4.78, 5) is 20.2. The van der Waals surface area contributed by atoms with E-state index in [4.69, 9.17) is 0 Å². The van der Waals surface area contributed by atoms with Crippen LogP contribution in [0.3, 0.4) is 0 Å². The number of unbranched alkanes of at least 4 members (excludes halogenated alkanes) is 16. The first-order valence-electron chi connectivity index (χ1n) is 11.9. The van der Waals surface area contributed by atoms with Crippen molar-refractivity contribution in [1.29, 1.82) is 0 Å². The van der Waals surface area contributed by atoms with Gasteiger partial charge in [0.05, 0.1) is 0 Å². The van der Waals surface area contributed by atoms with Crippen LogP contribution in [0.2, 0.25) is 0 Å².